The van der Waals surface area contributed by atoms with Crippen molar-refractivity contribution in [2.24, 2.45) is 5.92 Å². The summed E-state index contributed by atoms with van der Waals surface area (Å²) in [6.07, 6.45) is 1.01. The van der Waals surface area contributed by atoms with Gasteiger partial charge in [0.05, 0.1) is 17.4 Å². The fraction of sp³-hybridized carbons (Fsp3) is 0.391. The maximum absolute atomic E-state index is 13.2. The highest BCUT2D eigenvalue weighted by molar-refractivity contribution is 6.11. The second-order valence-electron chi connectivity index (χ2n) is 7.69. The van der Waals surface area contributed by atoms with Gasteiger partial charge in [0.15, 0.2) is 0 Å². The molecule has 1 heterocycles. The molecule has 1 aliphatic rings. The molecular weight excluding hydrogens is 350 g/mol. The van der Waals surface area contributed by atoms with Crippen LogP contribution in [0.5, 0.6) is 0 Å². The van der Waals surface area contributed by atoms with Crippen molar-refractivity contribution >= 4 is 23.2 Å². The number of anilines is 2. The van der Waals surface area contributed by atoms with E-state index in [2.05, 4.69) is 55.7 Å². The predicted octanol–water partition coefficient (Wildman–Crippen LogP) is 3.91. The smallest absolute Gasteiger partial charge is 0.244 e. The van der Waals surface area contributed by atoms with Gasteiger partial charge in [-0.3, -0.25) is 19.8 Å². The number of nitrogens with zero attached hydrogens (tertiary/aromatic N) is 1. The van der Waals surface area contributed by atoms with Crippen LogP contribution < -0.4 is 15.5 Å². The molecule has 2 atom stereocenters. The Labute approximate surface area is 167 Å². The van der Waals surface area contributed by atoms with Crippen LogP contribution in [0, 0.1) is 5.92 Å². The first-order valence-electron chi connectivity index (χ1n) is 9.95. The number of carbonyl (C=O) groups excluding carboxylic acids is 2. The number of carbonyl (C=O) groups is 2. The SMILES string of the molecule is CCc1ccc([C@@H](N[C@@H](C)C(=O)N2CC(=O)Nc3ccccc32)C(C)C)cc1. The summed E-state index contributed by atoms with van der Waals surface area (Å²) in [4.78, 5) is 26.8. The van der Waals surface area contributed by atoms with Crippen LogP contribution in [0.4, 0.5) is 11.4 Å². The van der Waals surface area contributed by atoms with Crippen molar-refractivity contribution in [3.8, 4) is 0 Å². The molecule has 0 aromatic heterocycles. The zero-order valence-corrected chi connectivity index (χ0v) is 17.0. The second-order valence-corrected chi connectivity index (χ2v) is 7.69. The number of benzene rings is 2. The Morgan fingerprint density at radius 1 is 1.11 bits per heavy atom. The summed E-state index contributed by atoms with van der Waals surface area (Å²) < 4.78 is 0. The van der Waals surface area contributed by atoms with E-state index < -0.39 is 6.04 Å². The number of hydrogen-bond donors (Lipinski definition) is 2. The molecule has 2 aromatic rings. The molecule has 0 bridgehead atoms. The van der Waals surface area contributed by atoms with E-state index in [0.29, 0.717) is 11.6 Å². The van der Waals surface area contributed by atoms with Crippen molar-refractivity contribution in [2.75, 3.05) is 16.8 Å². The van der Waals surface area contributed by atoms with E-state index >= 15 is 0 Å². The molecule has 5 heteroatoms. The zero-order chi connectivity index (χ0) is 20.3. The monoisotopic (exact) mass is 379 g/mol. The van der Waals surface area contributed by atoms with Gasteiger partial charge in [-0.25, -0.2) is 0 Å². The molecule has 0 radical (unpaired) electrons. The molecule has 0 fully saturated rings. The third-order valence-corrected chi connectivity index (χ3v) is 5.25. The van der Waals surface area contributed by atoms with Crippen molar-refractivity contribution in [3.63, 3.8) is 0 Å². The van der Waals surface area contributed by atoms with Crippen molar-refractivity contribution in [2.45, 2.75) is 46.2 Å². The van der Waals surface area contributed by atoms with Crippen molar-refractivity contribution in [1.29, 1.82) is 0 Å². The first-order valence-corrected chi connectivity index (χ1v) is 9.95. The molecule has 28 heavy (non-hydrogen) atoms. The van der Waals surface area contributed by atoms with Gasteiger partial charge in [0, 0.05) is 6.04 Å². The Kier molecular flexibility index (Phi) is 6.15. The van der Waals surface area contributed by atoms with Gasteiger partial charge in [-0.15, -0.1) is 0 Å². The number of hydrogen-bond acceptors (Lipinski definition) is 3. The van der Waals surface area contributed by atoms with E-state index in [0.717, 1.165) is 12.1 Å². The lowest BCUT2D eigenvalue weighted by Gasteiger charge is -2.33. The van der Waals surface area contributed by atoms with E-state index in [1.807, 2.05) is 31.2 Å². The lowest BCUT2D eigenvalue weighted by atomic mass is 9.94. The summed E-state index contributed by atoms with van der Waals surface area (Å²) in [7, 11) is 0. The number of fused-ring (bicyclic) bond motifs is 1. The molecule has 0 aliphatic carbocycles. The third-order valence-electron chi connectivity index (χ3n) is 5.25. The summed E-state index contributed by atoms with van der Waals surface area (Å²) in [5, 5.41) is 6.32. The Hall–Kier alpha value is -2.66. The van der Waals surface area contributed by atoms with Gasteiger partial charge in [0.25, 0.3) is 0 Å². The van der Waals surface area contributed by atoms with Crippen LogP contribution >= 0.6 is 0 Å². The van der Waals surface area contributed by atoms with Gasteiger partial charge in [-0.2, -0.15) is 0 Å². The van der Waals surface area contributed by atoms with Crippen LogP contribution in [-0.2, 0) is 16.0 Å². The number of rotatable bonds is 6. The van der Waals surface area contributed by atoms with Gasteiger partial charge < -0.3 is 5.32 Å². The van der Waals surface area contributed by atoms with E-state index in [1.54, 1.807) is 4.90 Å². The van der Waals surface area contributed by atoms with Gasteiger partial charge in [-0.05, 0) is 42.5 Å². The van der Waals surface area contributed by atoms with Crippen LogP contribution in [0.25, 0.3) is 0 Å². The zero-order valence-electron chi connectivity index (χ0n) is 17.0. The molecule has 0 unspecified atom stereocenters. The fourth-order valence-electron chi connectivity index (χ4n) is 3.64. The molecule has 2 amide bonds. The molecular formula is C23H29N3O2. The summed E-state index contributed by atoms with van der Waals surface area (Å²) >= 11 is 0. The predicted molar refractivity (Wildman–Crippen MR) is 113 cm³/mol. The highest BCUT2D eigenvalue weighted by atomic mass is 16.2. The number of aryl methyl sites for hydroxylation is 1. The minimum Gasteiger partial charge on any atom is -0.323 e. The Balaban J connectivity index is 1.79. The molecule has 0 spiro atoms. The van der Waals surface area contributed by atoms with E-state index in [1.165, 1.54) is 11.1 Å². The summed E-state index contributed by atoms with van der Waals surface area (Å²) in [5.41, 5.74) is 3.89. The molecule has 5 nitrogen and oxygen atoms in total. The largest absolute Gasteiger partial charge is 0.323 e. The highest BCUT2D eigenvalue weighted by Gasteiger charge is 2.31. The third kappa shape index (κ3) is 4.25. The van der Waals surface area contributed by atoms with Gasteiger partial charge in [0.1, 0.15) is 6.54 Å². The standard InChI is InChI=1S/C23H29N3O2/c1-5-17-10-12-18(13-11-17)22(15(2)3)24-16(4)23(28)26-14-21(27)25-19-8-6-7-9-20(19)26/h6-13,15-16,22,24H,5,14H2,1-4H3,(H,25,27)/t16-,22-/m0/s1. The van der Waals surface area contributed by atoms with Crippen molar-refractivity contribution < 1.29 is 9.59 Å². The minimum atomic E-state index is -0.419. The van der Waals surface area contributed by atoms with E-state index in [4.69, 9.17) is 0 Å². The normalized spacial score (nSPS) is 15.8. The average Bonchev–Trinajstić information content (AvgIpc) is 2.70. The quantitative estimate of drug-likeness (QED) is 0.800. The van der Waals surface area contributed by atoms with Gasteiger partial charge in [0.2, 0.25) is 11.8 Å². The molecule has 3 rings (SSSR count). The lowest BCUT2D eigenvalue weighted by molar-refractivity contribution is -0.123. The highest BCUT2D eigenvalue weighted by Crippen LogP contribution is 2.30. The van der Waals surface area contributed by atoms with Crippen molar-refractivity contribution in [1.82, 2.24) is 5.32 Å². The molecule has 0 saturated carbocycles. The van der Waals surface area contributed by atoms with E-state index in [-0.39, 0.29) is 24.4 Å². The summed E-state index contributed by atoms with van der Waals surface area (Å²) in [6.45, 7) is 8.34. The number of amides is 2. The molecule has 1 aliphatic heterocycles. The van der Waals surface area contributed by atoms with Crippen LogP contribution in [0.3, 0.4) is 0 Å². The second kappa shape index (κ2) is 8.57. The Morgan fingerprint density at radius 3 is 2.43 bits per heavy atom. The average molecular weight is 380 g/mol. The Bertz CT molecular complexity index is 845. The van der Waals surface area contributed by atoms with Crippen LogP contribution in [-0.4, -0.2) is 24.4 Å². The molecule has 2 N–H and O–H groups in total. The maximum atomic E-state index is 13.2. The molecule has 0 saturated heterocycles. The number of para-hydroxylation sites is 2. The topological polar surface area (TPSA) is 61.4 Å². The first-order chi connectivity index (χ1) is 13.4. The lowest BCUT2D eigenvalue weighted by Crippen LogP contribution is -2.51. The molecule has 148 valence electrons. The molecule has 2 aromatic carbocycles. The summed E-state index contributed by atoms with van der Waals surface area (Å²) in [6, 6.07) is 15.6. The van der Waals surface area contributed by atoms with E-state index in [9.17, 15) is 9.59 Å². The minimum absolute atomic E-state index is 0.0411. The van der Waals surface area contributed by atoms with Gasteiger partial charge >= 0.3 is 0 Å². The maximum Gasteiger partial charge on any atom is 0.244 e. The fourth-order valence-corrected chi connectivity index (χ4v) is 3.64. The van der Waals surface area contributed by atoms with Crippen LogP contribution in [0.1, 0.15) is 44.9 Å². The first kappa shape index (κ1) is 20.1. The number of nitrogens with one attached hydrogen (secondary N) is 2. The summed E-state index contributed by atoms with van der Waals surface area (Å²) in [5.74, 6) is 0.0487. The van der Waals surface area contributed by atoms with Crippen molar-refractivity contribution in [3.05, 3.63) is 59.7 Å². The Morgan fingerprint density at radius 2 is 1.79 bits per heavy atom. The van der Waals surface area contributed by atoms with Gasteiger partial charge in [-0.1, -0.05) is 57.2 Å². The van der Waals surface area contributed by atoms with Crippen LogP contribution in [0.2, 0.25) is 0 Å². The van der Waals surface area contributed by atoms with Crippen LogP contribution in [0.15, 0.2) is 48.5 Å².